The number of nitrogens with zero attached hydrogens (tertiary/aromatic N) is 1. The second-order valence-corrected chi connectivity index (χ2v) is 4.38. The number of rotatable bonds is 3. The van der Waals surface area contributed by atoms with Crippen molar-refractivity contribution in [1.82, 2.24) is 4.90 Å². The molecule has 1 atom stereocenters. The van der Waals surface area contributed by atoms with Crippen LogP contribution in [0.4, 0.5) is 13.2 Å². The molecule has 18 heavy (non-hydrogen) atoms. The Labute approximate surface area is 110 Å². The van der Waals surface area contributed by atoms with E-state index in [0.717, 1.165) is 31.5 Å². The zero-order valence-electron chi connectivity index (χ0n) is 9.83. The van der Waals surface area contributed by atoms with Crippen molar-refractivity contribution in [1.29, 1.82) is 0 Å². The summed E-state index contributed by atoms with van der Waals surface area (Å²) >= 11 is 0. The Morgan fingerprint density at radius 1 is 1.22 bits per heavy atom. The van der Waals surface area contributed by atoms with Crippen LogP contribution in [0.15, 0.2) is 12.1 Å². The van der Waals surface area contributed by atoms with Gasteiger partial charge >= 0.3 is 0 Å². The van der Waals surface area contributed by atoms with Gasteiger partial charge in [-0.1, -0.05) is 0 Å². The molecule has 1 fully saturated rings. The van der Waals surface area contributed by atoms with E-state index in [-0.39, 0.29) is 18.4 Å². The molecule has 2 nitrogen and oxygen atoms in total. The fraction of sp³-hybridized carbons (Fsp3) is 0.500. The Bertz CT molecular complexity index is 391. The van der Waals surface area contributed by atoms with E-state index in [1.807, 2.05) is 0 Å². The number of likely N-dealkylation sites (tertiary alicyclic amines) is 1. The van der Waals surface area contributed by atoms with E-state index in [9.17, 15) is 13.2 Å². The molecular weight excluding hydrogens is 265 g/mol. The van der Waals surface area contributed by atoms with E-state index in [1.54, 1.807) is 0 Å². The normalized spacial score (nSPS) is 19.9. The second-order valence-electron chi connectivity index (χ2n) is 4.38. The van der Waals surface area contributed by atoms with Gasteiger partial charge in [-0.05, 0) is 37.1 Å². The zero-order valence-corrected chi connectivity index (χ0v) is 10.7. The molecule has 102 valence electrons. The van der Waals surface area contributed by atoms with Gasteiger partial charge in [-0.2, -0.15) is 0 Å². The van der Waals surface area contributed by atoms with E-state index in [1.165, 1.54) is 0 Å². The Balaban J connectivity index is 0.00000162. The van der Waals surface area contributed by atoms with Crippen LogP contribution in [0, 0.1) is 17.5 Å². The molecule has 1 aliphatic heterocycles. The molecule has 0 spiro atoms. The SMILES string of the molecule is Cl.NCC1CCCN1Cc1cc(F)c(F)c(F)c1. The van der Waals surface area contributed by atoms with Gasteiger partial charge in [0.2, 0.25) is 0 Å². The lowest BCUT2D eigenvalue weighted by Gasteiger charge is -2.23. The highest BCUT2D eigenvalue weighted by Gasteiger charge is 2.23. The molecular formula is C12H16ClF3N2. The number of hydrogen-bond donors (Lipinski definition) is 1. The van der Waals surface area contributed by atoms with Gasteiger partial charge in [-0.25, -0.2) is 13.2 Å². The minimum atomic E-state index is -1.41. The first kappa shape index (κ1) is 15.3. The lowest BCUT2D eigenvalue weighted by Crippen LogP contribution is -2.34. The highest BCUT2D eigenvalue weighted by molar-refractivity contribution is 5.85. The number of hydrogen-bond acceptors (Lipinski definition) is 2. The summed E-state index contributed by atoms with van der Waals surface area (Å²) in [6.07, 6.45) is 2.04. The van der Waals surface area contributed by atoms with Gasteiger partial charge in [0, 0.05) is 19.1 Å². The molecule has 2 rings (SSSR count). The lowest BCUT2D eigenvalue weighted by molar-refractivity contribution is 0.249. The predicted molar refractivity (Wildman–Crippen MR) is 66.1 cm³/mol. The number of nitrogens with two attached hydrogens (primary N) is 1. The van der Waals surface area contributed by atoms with Crippen molar-refractivity contribution >= 4 is 12.4 Å². The van der Waals surface area contributed by atoms with Crippen molar-refractivity contribution in [3.63, 3.8) is 0 Å². The molecule has 0 bridgehead atoms. The minimum absolute atomic E-state index is 0. The maximum atomic E-state index is 13.0. The summed E-state index contributed by atoms with van der Waals surface area (Å²) in [5.74, 6) is -3.68. The van der Waals surface area contributed by atoms with Crippen molar-refractivity contribution in [2.24, 2.45) is 5.73 Å². The first-order chi connectivity index (χ1) is 8.11. The highest BCUT2D eigenvalue weighted by atomic mass is 35.5. The first-order valence-corrected chi connectivity index (χ1v) is 5.69. The van der Waals surface area contributed by atoms with Crippen LogP contribution in [0.1, 0.15) is 18.4 Å². The Morgan fingerprint density at radius 3 is 2.39 bits per heavy atom. The smallest absolute Gasteiger partial charge is 0.194 e. The molecule has 1 aromatic carbocycles. The summed E-state index contributed by atoms with van der Waals surface area (Å²) in [5, 5.41) is 0. The van der Waals surface area contributed by atoms with E-state index in [4.69, 9.17) is 5.73 Å². The largest absolute Gasteiger partial charge is 0.329 e. The van der Waals surface area contributed by atoms with Gasteiger partial charge < -0.3 is 5.73 Å². The maximum Gasteiger partial charge on any atom is 0.194 e. The van der Waals surface area contributed by atoms with E-state index >= 15 is 0 Å². The van der Waals surface area contributed by atoms with Crippen LogP contribution in [0.5, 0.6) is 0 Å². The van der Waals surface area contributed by atoms with Crippen LogP contribution < -0.4 is 5.73 Å². The van der Waals surface area contributed by atoms with Crippen molar-refractivity contribution in [3.8, 4) is 0 Å². The standard InChI is InChI=1S/C12H15F3N2.ClH/c13-10-4-8(5-11(14)12(10)15)7-17-3-1-2-9(17)6-16;/h4-5,9H,1-3,6-7,16H2;1H. The quantitative estimate of drug-likeness (QED) is 0.862. The summed E-state index contributed by atoms with van der Waals surface area (Å²) in [5.41, 5.74) is 6.06. The first-order valence-electron chi connectivity index (χ1n) is 5.69. The van der Waals surface area contributed by atoms with Gasteiger partial charge in [-0.15, -0.1) is 12.4 Å². The van der Waals surface area contributed by atoms with Crippen LogP contribution in [-0.4, -0.2) is 24.0 Å². The molecule has 0 aromatic heterocycles. The lowest BCUT2D eigenvalue weighted by atomic mass is 10.1. The summed E-state index contributed by atoms with van der Waals surface area (Å²) in [6.45, 7) is 1.81. The Morgan fingerprint density at radius 2 is 1.83 bits per heavy atom. The van der Waals surface area contributed by atoms with Crippen LogP contribution >= 0.6 is 12.4 Å². The van der Waals surface area contributed by atoms with E-state index in [0.29, 0.717) is 18.7 Å². The minimum Gasteiger partial charge on any atom is -0.329 e. The summed E-state index contributed by atoms with van der Waals surface area (Å²) in [6, 6.07) is 2.35. The molecule has 0 amide bonds. The summed E-state index contributed by atoms with van der Waals surface area (Å²) in [7, 11) is 0. The van der Waals surface area contributed by atoms with Crippen molar-refractivity contribution < 1.29 is 13.2 Å². The molecule has 1 aromatic rings. The van der Waals surface area contributed by atoms with Gasteiger partial charge in [-0.3, -0.25) is 4.90 Å². The summed E-state index contributed by atoms with van der Waals surface area (Å²) in [4.78, 5) is 2.08. The number of benzene rings is 1. The molecule has 2 N–H and O–H groups in total. The van der Waals surface area contributed by atoms with Crippen molar-refractivity contribution in [2.75, 3.05) is 13.1 Å². The van der Waals surface area contributed by atoms with E-state index in [2.05, 4.69) is 4.90 Å². The van der Waals surface area contributed by atoms with Crippen LogP contribution in [0.3, 0.4) is 0 Å². The average Bonchev–Trinajstić information content (AvgIpc) is 2.73. The van der Waals surface area contributed by atoms with Gasteiger partial charge in [0.1, 0.15) is 0 Å². The molecule has 0 saturated carbocycles. The van der Waals surface area contributed by atoms with Gasteiger partial charge in [0.15, 0.2) is 17.5 Å². The Hall–Kier alpha value is -0.780. The third kappa shape index (κ3) is 3.16. The molecule has 1 heterocycles. The van der Waals surface area contributed by atoms with Crippen LogP contribution in [-0.2, 0) is 6.54 Å². The molecule has 0 radical (unpaired) electrons. The second kappa shape index (κ2) is 6.41. The predicted octanol–water partition coefficient (Wildman–Crippen LogP) is 2.45. The average molecular weight is 281 g/mol. The van der Waals surface area contributed by atoms with Gasteiger partial charge in [0.25, 0.3) is 0 Å². The molecule has 1 aliphatic rings. The van der Waals surface area contributed by atoms with E-state index < -0.39 is 17.5 Å². The Kier molecular flexibility index (Phi) is 5.44. The monoisotopic (exact) mass is 280 g/mol. The molecule has 1 saturated heterocycles. The van der Waals surface area contributed by atoms with Crippen LogP contribution in [0.25, 0.3) is 0 Å². The highest BCUT2D eigenvalue weighted by Crippen LogP contribution is 2.21. The molecule has 6 heteroatoms. The zero-order chi connectivity index (χ0) is 12.4. The van der Waals surface area contributed by atoms with Crippen molar-refractivity contribution in [2.45, 2.75) is 25.4 Å². The topological polar surface area (TPSA) is 29.3 Å². The number of halogens is 4. The summed E-state index contributed by atoms with van der Waals surface area (Å²) < 4.78 is 38.9. The third-order valence-corrected chi connectivity index (χ3v) is 3.20. The molecule has 1 unspecified atom stereocenters. The maximum absolute atomic E-state index is 13.0. The van der Waals surface area contributed by atoms with Crippen LogP contribution in [0.2, 0.25) is 0 Å². The molecule has 0 aliphatic carbocycles. The fourth-order valence-electron chi connectivity index (χ4n) is 2.30. The fourth-order valence-corrected chi connectivity index (χ4v) is 2.30. The third-order valence-electron chi connectivity index (χ3n) is 3.20. The van der Waals surface area contributed by atoms with Gasteiger partial charge in [0.05, 0.1) is 0 Å². The van der Waals surface area contributed by atoms with Crippen molar-refractivity contribution in [3.05, 3.63) is 35.1 Å².